The molecular formula is C18H26O4. The largest absolute Gasteiger partial charge is 0.481 e. The zero-order chi connectivity index (χ0) is 16.4. The maximum absolute atomic E-state index is 11.8. The summed E-state index contributed by atoms with van der Waals surface area (Å²) in [5.74, 6) is -0.671. The van der Waals surface area contributed by atoms with Gasteiger partial charge in [0.15, 0.2) is 5.78 Å². The molecule has 0 bridgehead atoms. The van der Waals surface area contributed by atoms with Crippen molar-refractivity contribution in [1.82, 2.24) is 0 Å². The smallest absolute Gasteiger partial charge is 0.303 e. The number of rotatable bonds is 10. The third-order valence-electron chi connectivity index (χ3n) is 3.80. The molecule has 0 amide bonds. The van der Waals surface area contributed by atoms with Crippen LogP contribution in [0.2, 0.25) is 0 Å². The molecule has 4 nitrogen and oxygen atoms in total. The predicted molar refractivity (Wildman–Crippen MR) is 86.4 cm³/mol. The van der Waals surface area contributed by atoms with Crippen molar-refractivity contribution < 1.29 is 19.8 Å². The van der Waals surface area contributed by atoms with Crippen molar-refractivity contribution in [2.45, 2.75) is 51.6 Å². The molecular weight excluding hydrogens is 280 g/mol. The Morgan fingerprint density at radius 1 is 1.36 bits per heavy atom. The van der Waals surface area contributed by atoms with Crippen molar-refractivity contribution in [3.63, 3.8) is 0 Å². The summed E-state index contributed by atoms with van der Waals surface area (Å²) in [4.78, 5) is 22.2. The molecule has 2 N–H and O–H groups in total. The van der Waals surface area contributed by atoms with E-state index < -0.39 is 12.1 Å². The van der Waals surface area contributed by atoms with E-state index in [1.165, 1.54) is 0 Å². The first-order chi connectivity index (χ1) is 10.5. The molecule has 22 heavy (non-hydrogen) atoms. The van der Waals surface area contributed by atoms with Gasteiger partial charge in [0.1, 0.15) is 0 Å². The minimum Gasteiger partial charge on any atom is -0.481 e. The number of hydrogen-bond donors (Lipinski definition) is 2. The summed E-state index contributed by atoms with van der Waals surface area (Å²) in [7, 11) is 0. The molecule has 0 aromatic rings. The van der Waals surface area contributed by atoms with Crippen molar-refractivity contribution in [2.24, 2.45) is 11.8 Å². The van der Waals surface area contributed by atoms with Crippen molar-refractivity contribution in [1.29, 1.82) is 0 Å². The Labute approximate surface area is 132 Å². The highest BCUT2D eigenvalue weighted by Gasteiger charge is 2.27. The van der Waals surface area contributed by atoms with Crippen molar-refractivity contribution in [2.75, 3.05) is 0 Å². The van der Waals surface area contributed by atoms with Crippen LogP contribution < -0.4 is 0 Å². The zero-order valence-corrected chi connectivity index (χ0v) is 13.1. The first kappa shape index (κ1) is 18.4. The van der Waals surface area contributed by atoms with Gasteiger partial charge >= 0.3 is 5.97 Å². The van der Waals surface area contributed by atoms with E-state index in [1.54, 1.807) is 12.2 Å². The second kappa shape index (κ2) is 10.1. The number of ketones is 1. The number of aliphatic carboxylic acids is 1. The van der Waals surface area contributed by atoms with Gasteiger partial charge in [0.25, 0.3) is 0 Å². The van der Waals surface area contributed by atoms with E-state index in [-0.39, 0.29) is 24.0 Å². The third-order valence-corrected chi connectivity index (χ3v) is 3.80. The van der Waals surface area contributed by atoms with Crippen molar-refractivity contribution in [3.05, 3.63) is 36.5 Å². The number of allylic oxidation sites excluding steroid dienone is 5. The van der Waals surface area contributed by atoms with E-state index in [0.717, 1.165) is 12.8 Å². The first-order valence-electron chi connectivity index (χ1n) is 7.99. The highest BCUT2D eigenvalue weighted by atomic mass is 16.4. The van der Waals surface area contributed by atoms with Crippen LogP contribution in [0.1, 0.15) is 45.4 Å². The molecule has 0 radical (unpaired) electrons. The van der Waals surface area contributed by atoms with E-state index in [1.807, 2.05) is 18.2 Å². The van der Waals surface area contributed by atoms with Crippen LogP contribution in [0.5, 0.6) is 0 Å². The normalized spacial score (nSPS) is 22.9. The maximum Gasteiger partial charge on any atom is 0.303 e. The van der Waals surface area contributed by atoms with Crippen LogP contribution in [-0.2, 0) is 9.59 Å². The van der Waals surface area contributed by atoms with Gasteiger partial charge in [-0.2, -0.15) is 0 Å². The van der Waals surface area contributed by atoms with Crippen LogP contribution in [0.3, 0.4) is 0 Å². The highest BCUT2D eigenvalue weighted by Crippen LogP contribution is 2.27. The number of carboxylic acid groups (broad SMARTS) is 1. The van der Waals surface area contributed by atoms with Crippen LogP contribution in [-0.4, -0.2) is 28.1 Å². The summed E-state index contributed by atoms with van der Waals surface area (Å²) in [6.07, 6.45) is 14.3. The number of hydrogen-bond acceptors (Lipinski definition) is 3. The SMILES string of the molecule is CC/C=C\C[C@@H]1C(=O)C=C[C@@H]1/C=C/[C@@H](O)CCCCC(=O)O. The lowest BCUT2D eigenvalue weighted by Crippen LogP contribution is -2.14. The lowest BCUT2D eigenvalue weighted by Gasteiger charge is -2.13. The van der Waals surface area contributed by atoms with Gasteiger partial charge in [-0.15, -0.1) is 0 Å². The molecule has 0 saturated heterocycles. The summed E-state index contributed by atoms with van der Waals surface area (Å²) in [6, 6.07) is 0. The first-order valence-corrected chi connectivity index (χ1v) is 7.99. The Morgan fingerprint density at radius 3 is 2.82 bits per heavy atom. The number of carbonyl (C=O) groups excluding carboxylic acids is 1. The van der Waals surface area contributed by atoms with E-state index in [4.69, 9.17) is 5.11 Å². The molecule has 0 heterocycles. The summed E-state index contributed by atoms with van der Waals surface area (Å²) in [6.45, 7) is 2.06. The topological polar surface area (TPSA) is 74.6 Å². The van der Waals surface area contributed by atoms with Crippen LogP contribution in [0.15, 0.2) is 36.5 Å². The average molecular weight is 306 g/mol. The van der Waals surface area contributed by atoms with E-state index in [0.29, 0.717) is 19.3 Å². The predicted octanol–water partition coefficient (Wildman–Crippen LogP) is 3.28. The molecule has 0 aromatic carbocycles. The van der Waals surface area contributed by atoms with Gasteiger partial charge in [-0.25, -0.2) is 0 Å². The second-order valence-electron chi connectivity index (χ2n) is 5.65. The van der Waals surface area contributed by atoms with Gasteiger partial charge in [0.2, 0.25) is 0 Å². The summed E-state index contributed by atoms with van der Waals surface area (Å²) in [5.41, 5.74) is 0. The second-order valence-corrected chi connectivity index (χ2v) is 5.65. The summed E-state index contributed by atoms with van der Waals surface area (Å²) >= 11 is 0. The minimum atomic E-state index is -0.803. The Kier molecular flexibility index (Phi) is 8.44. The van der Waals surface area contributed by atoms with E-state index in [9.17, 15) is 14.7 Å². The van der Waals surface area contributed by atoms with Crippen LogP contribution in [0.4, 0.5) is 0 Å². The quantitative estimate of drug-likeness (QED) is 0.480. The molecule has 122 valence electrons. The molecule has 0 spiro atoms. The molecule has 0 aromatic heterocycles. The fourth-order valence-electron chi connectivity index (χ4n) is 2.52. The van der Waals surface area contributed by atoms with Crippen LogP contribution in [0.25, 0.3) is 0 Å². The Bertz CT molecular complexity index is 448. The van der Waals surface area contributed by atoms with Crippen molar-refractivity contribution >= 4 is 11.8 Å². The average Bonchev–Trinajstić information content (AvgIpc) is 2.82. The molecule has 0 unspecified atom stereocenters. The maximum atomic E-state index is 11.8. The van der Waals surface area contributed by atoms with E-state index >= 15 is 0 Å². The fraction of sp³-hybridized carbons (Fsp3) is 0.556. The van der Waals surface area contributed by atoms with Crippen LogP contribution >= 0.6 is 0 Å². The lowest BCUT2D eigenvalue weighted by molar-refractivity contribution is -0.137. The molecule has 1 rings (SSSR count). The van der Waals surface area contributed by atoms with Gasteiger partial charge in [0, 0.05) is 18.3 Å². The standard InChI is InChI=1S/C18H26O4/c1-2-3-4-8-16-14(11-13-17(16)20)10-12-15(19)7-5-6-9-18(21)22/h3-4,10-16,19H,2,5-9H2,1H3,(H,21,22)/b4-3-,12-10+/t14-,15-,16-/m0/s1. The van der Waals surface area contributed by atoms with E-state index in [2.05, 4.69) is 13.0 Å². The molecule has 1 aliphatic rings. The molecule has 3 atom stereocenters. The Hall–Kier alpha value is -1.68. The summed E-state index contributed by atoms with van der Waals surface area (Å²) < 4.78 is 0. The number of aliphatic hydroxyl groups excluding tert-OH is 1. The van der Waals surface area contributed by atoms with Gasteiger partial charge in [-0.3, -0.25) is 9.59 Å². The van der Waals surface area contributed by atoms with Crippen molar-refractivity contribution in [3.8, 4) is 0 Å². The third kappa shape index (κ3) is 6.85. The number of carbonyl (C=O) groups is 2. The molecule has 4 heteroatoms. The molecule has 0 fully saturated rings. The Balaban J connectivity index is 2.39. The number of unbranched alkanes of at least 4 members (excludes halogenated alkanes) is 1. The number of aliphatic hydroxyl groups is 1. The number of carboxylic acids is 1. The monoisotopic (exact) mass is 306 g/mol. The summed E-state index contributed by atoms with van der Waals surface area (Å²) in [5, 5.41) is 18.4. The van der Waals surface area contributed by atoms with Gasteiger partial charge in [-0.05, 0) is 38.2 Å². The lowest BCUT2D eigenvalue weighted by atomic mass is 9.90. The van der Waals surface area contributed by atoms with Gasteiger partial charge in [-0.1, -0.05) is 37.3 Å². The minimum absolute atomic E-state index is 0.0441. The zero-order valence-electron chi connectivity index (χ0n) is 13.1. The Morgan fingerprint density at radius 2 is 2.14 bits per heavy atom. The van der Waals surface area contributed by atoms with Gasteiger partial charge in [0.05, 0.1) is 6.10 Å². The fourth-order valence-corrected chi connectivity index (χ4v) is 2.52. The molecule has 1 aliphatic carbocycles. The molecule has 0 saturated carbocycles. The van der Waals surface area contributed by atoms with Gasteiger partial charge < -0.3 is 10.2 Å². The highest BCUT2D eigenvalue weighted by molar-refractivity contribution is 5.95. The van der Waals surface area contributed by atoms with Crippen LogP contribution in [0, 0.1) is 11.8 Å². The molecule has 0 aliphatic heterocycles.